The number of hydrogen-bond donors (Lipinski definition) is 0. The standard InChI is InChI=1S/C14H13FO3S/c1-18-13-7-5-11(6-8-13)10-19(16,17)14-4-2-3-12(15)9-14/h2-9H,10H2,1H3. The van der Waals surface area contributed by atoms with Crippen LogP contribution < -0.4 is 4.74 Å². The minimum atomic E-state index is -3.54. The molecular formula is C14H13FO3S. The molecule has 0 bridgehead atoms. The molecule has 19 heavy (non-hydrogen) atoms. The first-order valence-corrected chi connectivity index (χ1v) is 7.28. The van der Waals surface area contributed by atoms with E-state index in [9.17, 15) is 12.8 Å². The lowest BCUT2D eigenvalue weighted by Crippen LogP contribution is -2.05. The molecule has 2 aromatic carbocycles. The summed E-state index contributed by atoms with van der Waals surface area (Å²) in [5, 5.41) is 0. The highest BCUT2D eigenvalue weighted by Gasteiger charge is 2.15. The first-order valence-electron chi connectivity index (χ1n) is 5.62. The molecule has 0 aromatic heterocycles. The van der Waals surface area contributed by atoms with E-state index in [1.165, 1.54) is 18.2 Å². The topological polar surface area (TPSA) is 43.4 Å². The highest BCUT2D eigenvalue weighted by molar-refractivity contribution is 7.90. The van der Waals surface area contributed by atoms with E-state index in [-0.39, 0.29) is 10.6 Å². The Hall–Kier alpha value is -1.88. The van der Waals surface area contributed by atoms with Crippen molar-refractivity contribution in [3.05, 3.63) is 59.9 Å². The Labute approximate surface area is 111 Å². The largest absolute Gasteiger partial charge is 0.497 e. The molecule has 3 nitrogen and oxygen atoms in total. The summed E-state index contributed by atoms with van der Waals surface area (Å²) in [5.74, 6) is -0.0665. The maximum atomic E-state index is 13.1. The number of sulfone groups is 1. The smallest absolute Gasteiger partial charge is 0.182 e. The highest BCUT2D eigenvalue weighted by atomic mass is 32.2. The lowest BCUT2D eigenvalue weighted by molar-refractivity contribution is 0.414. The zero-order valence-electron chi connectivity index (χ0n) is 10.3. The van der Waals surface area contributed by atoms with Crippen molar-refractivity contribution >= 4 is 9.84 Å². The summed E-state index contributed by atoms with van der Waals surface area (Å²) >= 11 is 0. The van der Waals surface area contributed by atoms with E-state index in [1.807, 2.05) is 0 Å². The van der Waals surface area contributed by atoms with Crippen LogP contribution in [0.1, 0.15) is 5.56 Å². The van der Waals surface area contributed by atoms with Crippen molar-refractivity contribution in [1.82, 2.24) is 0 Å². The van der Waals surface area contributed by atoms with Crippen molar-refractivity contribution in [3.8, 4) is 5.75 Å². The summed E-state index contributed by atoms with van der Waals surface area (Å²) in [6.45, 7) is 0. The van der Waals surface area contributed by atoms with Crippen LogP contribution in [0, 0.1) is 5.82 Å². The number of methoxy groups -OCH3 is 1. The van der Waals surface area contributed by atoms with Gasteiger partial charge in [-0.2, -0.15) is 0 Å². The molecule has 0 aliphatic carbocycles. The number of ether oxygens (including phenoxy) is 1. The average Bonchev–Trinajstić information content (AvgIpc) is 2.39. The molecule has 2 aromatic rings. The number of rotatable bonds is 4. The fourth-order valence-corrected chi connectivity index (χ4v) is 3.06. The van der Waals surface area contributed by atoms with Gasteiger partial charge in [-0.3, -0.25) is 0 Å². The molecule has 5 heteroatoms. The predicted octanol–water partition coefficient (Wildman–Crippen LogP) is 2.81. The minimum absolute atomic E-state index is 0.0108. The van der Waals surface area contributed by atoms with Gasteiger partial charge in [-0.1, -0.05) is 18.2 Å². The number of halogens is 1. The van der Waals surface area contributed by atoms with Crippen LogP contribution in [0.15, 0.2) is 53.4 Å². The van der Waals surface area contributed by atoms with Crippen LogP contribution in [0.5, 0.6) is 5.75 Å². The molecule has 0 heterocycles. The van der Waals surface area contributed by atoms with Gasteiger partial charge in [-0.25, -0.2) is 12.8 Å². The molecule has 0 N–H and O–H groups in total. The van der Waals surface area contributed by atoms with Crippen LogP contribution in [0.4, 0.5) is 4.39 Å². The Morgan fingerprint density at radius 1 is 1.11 bits per heavy atom. The molecule has 0 saturated heterocycles. The van der Waals surface area contributed by atoms with Crippen LogP contribution in [-0.2, 0) is 15.6 Å². The van der Waals surface area contributed by atoms with Crippen molar-refractivity contribution in [1.29, 1.82) is 0 Å². The third-order valence-electron chi connectivity index (χ3n) is 2.67. The zero-order chi connectivity index (χ0) is 13.9. The van der Waals surface area contributed by atoms with E-state index in [0.29, 0.717) is 11.3 Å². The van der Waals surface area contributed by atoms with E-state index in [0.717, 1.165) is 6.07 Å². The van der Waals surface area contributed by atoms with Gasteiger partial charge >= 0.3 is 0 Å². The van der Waals surface area contributed by atoms with Crippen LogP contribution in [0.25, 0.3) is 0 Å². The first-order chi connectivity index (χ1) is 9.01. The second kappa shape index (κ2) is 5.40. The molecule has 0 aliphatic heterocycles. The Balaban J connectivity index is 2.25. The lowest BCUT2D eigenvalue weighted by Gasteiger charge is -2.06. The van der Waals surface area contributed by atoms with Crippen LogP contribution in [0.2, 0.25) is 0 Å². The number of benzene rings is 2. The lowest BCUT2D eigenvalue weighted by atomic mass is 10.2. The van der Waals surface area contributed by atoms with Gasteiger partial charge in [-0.05, 0) is 35.9 Å². The van der Waals surface area contributed by atoms with Gasteiger partial charge in [-0.15, -0.1) is 0 Å². The predicted molar refractivity (Wildman–Crippen MR) is 70.3 cm³/mol. The van der Waals surface area contributed by atoms with Gasteiger partial charge < -0.3 is 4.74 Å². The third-order valence-corrected chi connectivity index (χ3v) is 4.36. The molecular weight excluding hydrogens is 267 g/mol. The average molecular weight is 280 g/mol. The minimum Gasteiger partial charge on any atom is -0.497 e. The molecule has 100 valence electrons. The Kier molecular flexibility index (Phi) is 3.85. The summed E-state index contributed by atoms with van der Waals surface area (Å²) in [7, 11) is -2.00. The Morgan fingerprint density at radius 2 is 1.79 bits per heavy atom. The summed E-state index contributed by atoms with van der Waals surface area (Å²) in [4.78, 5) is -0.0108. The molecule has 0 saturated carbocycles. The van der Waals surface area contributed by atoms with Crippen LogP contribution in [0.3, 0.4) is 0 Å². The summed E-state index contributed by atoms with van der Waals surface area (Å²) in [5.41, 5.74) is 0.630. The normalized spacial score (nSPS) is 11.3. The van der Waals surface area contributed by atoms with E-state index in [4.69, 9.17) is 4.74 Å². The maximum absolute atomic E-state index is 13.1. The molecule has 0 aliphatic rings. The second-order valence-corrected chi connectivity index (χ2v) is 6.05. The molecule has 0 atom stereocenters. The molecule has 0 spiro atoms. The van der Waals surface area contributed by atoms with Gasteiger partial charge in [0.2, 0.25) is 0 Å². The Bertz CT molecular complexity index is 663. The van der Waals surface area contributed by atoms with E-state index in [1.54, 1.807) is 31.4 Å². The fourth-order valence-electron chi connectivity index (χ4n) is 1.68. The van der Waals surface area contributed by atoms with Crippen molar-refractivity contribution in [2.24, 2.45) is 0 Å². The quantitative estimate of drug-likeness (QED) is 0.865. The number of hydrogen-bond acceptors (Lipinski definition) is 3. The fraction of sp³-hybridized carbons (Fsp3) is 0.143. The van der Waals surface area contributed by atoms with Crippen molar-refractivity contribution < 1.29 is 17.5 Å². The van der Waals surface area contributed by atoms with Crippen LogP contribution >= 0.6 is 0 Å². The molecule has 0 amide bonds. The van der Waals surface area contributed by atoms with Gasteiger partial charge in [0.1, 0.15) is 11.6 Å². The van der Waals surface area contributed by atoms with E-state index < -0.39 is 15.7 Å². The maximum Gasteiger partial charge on any atom is 0.182 e. The summed E-state index contributed by atoms with van der Waals surface area (Å²) in [6.07, 6.45) is 0. The highest BCUT2D eigenvalue weighted by Crippen LogP contribution is 2.19. The van der Waals surface area contributed by atoms with Gasteiger partial charge in [0, 0.05) is 0 Å². The van der Waals surface area contributed by atoms with Crippen LogP contribution in [-0.4, -0.2) is 15.5 Å². The molecule has 0 unspecified atom stereocenters. The van der Waals surface area contributed by atoms with Gasteiger partial charge in [0.15, 0.2) is 9.84 Å². The summed E-state index contributed by atoms with van der Waals surface area (Å²) < 4.78 is 42.3. The molecule has 0 radical (unpaired) electrons. The first kappa shape index (κ1) is 13.5. The monoisotopic (exact) mass is 280 g/mol. The molecule has 0 fully saturated rings. The van der Waals surface area contributed by atoms with E-state index >= 15 is 0 Å². The van der Waals surface area contributed by atoms with Crippen molar-refractivity contribution in [2.45, 2.75) is 10.6 Å². The van der Waals surface area contributed by atoms with Gasteiger partial charge in [0.05, 0.1) is 17.8 Å². The summed E-state index contributed by atoms with van der Waals surface area (Å²) in [6, 6.07) is 11.8. The van der Waals surface area contributed by atoms with Crippen molar-refractivity contribution in [2.75, 3.05) is 7.11 Å². The zero-order valence-corrected chi connectivity index (χ0v) is 11.2. The van der Waals surface area contributed by atoms with E-state index in [2.05, 4.69) is 0 Å². The second-order valence-electron chi connectivity index (χ2n) is 4.06. The SMILES string of the molecule is COc1ccc(CS(=O)(=O)c2cccc(F)c2)cc1. The molecule has 2 rings (SSSR count). The van der Waals surface area contributed by atoms with Gasteiger partial charge in [0.25, 0.3) is 0 Å². The van der Waals surface area contributed by atoms with Crippen molar-refractivity contribution in [3.63, 3.8) is 0 Å². The Morgan fingerprint density at radius 3 is 2.37 bits per heavy atom. The third kappa shape index (κ3) is 3.32.